The lowest BCUT2D eigenvalue weighted by Gasteiger charge is -2.21. The molecule has 2 heterocycles. The van der Waals surface area contributed by atoms with E-state index in [0.29, 0.717) is 5.52 Å². The maximum atomic E-state index is 12.9. The van der Waals surface area contributed by atoms with Crippen LogP contribution in [0.2, 0.25) is 0 Å². The number of hydrogen-bond acceptors (Lipinski definition) is 3. The highest BCUT2D eigenvalue weighted by Crippen LogP contribution is 2.40. The number of carbonyl (C=O) groups excluding carboxylic acids is 1. The zero-order chi connectivity index (χ0) is 15.3. The van der Waals surface area contributed by atoms with Gasteiger partial charge in [0.05, 0.1) is 23.6 Å². The number of nitrogens with one attached hydrogen (secondary N) is 1. The van der Waals surface area contributed by atoms with Crippen LogP contribution in [0.3, 0.4) is 0 Å². The predicted molar refractivity (Wildman–Crippen MR) is 82.8 cm³/mol. The zero-order valence-corrected chi connectivity index (χ0v) is 12.2. The molecule has 4 rings (SSSR count). The fourth-order valence-corrected chi connectivity index (χ4v) is 3.13. The van der Waals surface area contributed by atoms with E-state index in [9.17, 15) is 9.59 Å². The molecule has 0 spiro atoms. The molecule has 1 aliphatic carbocycles. The minimum atomic E-state index is -0.456. The van der Waals surface area contributed by atoms with Crippen LogP contribution < -0.4 is 10.9 Å². The second-order valence-electron chi connectivity index (χ2n) is 5.71. The third-order valence-electron chi connectivity index (χ3n) is 4.34. The van der Waals surface area contributed by atoms with Crippen LogP contribution in [0.4, 0.5) is 0 Å². The van der Waals surface area contributed by atoms with E-state index in [1.54, 1.807) is 28.5 Å². The van der Waals surface area contributed by atoms with Crippen molar-refractivity contribution >= 4 is 22.5 Å². The number of carbonyl (C=O) groups is 1. The van der Waals surface area contributed by atoms with Gasteiger partial charge in [-0.1, -0.05) is 12.1 Å². The molecule has 1 aliphatic rings. The normalized spacial score (nSPS) is 16.0. The van der Waals surface area contributed by atoms with Crippen molar-refractivity contribution in [2.75, 3.05) is 7.05 Å². The van der Waals surface area contributed by atoms with E-state index in [1.165, 1.54) is 0 Å². The van der Waals surface area contributed by atoms with Gasteiger partial charge in [-0.25, -0.2) is 4.98 Å². The second kappa shape index (κ2) is 4.69. The molecule has 6 heteroatoms. The van der Waals surface area contributed by atoms with Gasteiger partial charge in [0.2, 0.25) is 5.91 Å². The Kier molecular flexibility index (Phi) is 2.79. The van der Waals surface area contributed by atoms with Crippen molar-refractivity contribution in [2.24, 2.45) is 5.92 Å². The van der Waals surface area contributed by atoms with Crippen molar-refractivity contribution in [3.05, 3.63) is 47.1 Å². The molecule has 1 aromatic carbocycles. The lowest BCUT2D eigenvalue weighted by Crippen LogP contribution is -2.37. The van der Waals surface area contributed by atoms with E-state index in [-0.39, 0.29) is 17.4 Å². The number of para-hydroxylation sites is 2. The molecule has 0 aliphatic heterocycles. The van der Waals surface area contributed by atoms with Gasteiger partial charge in [-0.15, -0.1) is 0 Å². The second-order valence-corrected chi connectivity index (χ2v) is 5.71. The molecule has 1 unspecified atom stereocenters. The Labute approximate surface area is 126 Å². The smallest absolute Gasteiger partial charge is 0.277 e. The summed E-state index contributed by atoms with van der Waals surface area (Å²) in [7, 11) is 1.61. The van der Waals surface area contributed by atoms with E-state index < -0.39 is 6.04 Å². The van der Waals surface area contributed by atoms with E-state index >= 15 is 0 Å². The SMILES string of the molecule is CNC(=O)C(C1CC1)n1c(=O)c2cncn2c2ccccc21. The predicted octanol–water partition coefficient (Wildman–Crippen LogP) is 1.35. The Morgan fingerprint density at radius 1 is 1.27 bits per heavy atom. The summed E-state index contributed by atoms with van der Waals surface area (Å²) in [5, 5.41) is 2.70. The van der Waals surface area contributed by atoms with E-state index in [1.807, 2.05) is 24.3 Å². The molecule has 0 bridgehead atoms. The lowest BCUT2D eigenvalue weighted by molar-refractivity contribution is -0.124. The average molecular weight is 296 g/mol. The number of nitrogens with zero attached hydrogens (tertiary/aromatic N) is 3. The summed E-state index contributed by atoms with van der Waals surface area (Å²) in [6.45, 7) is 0. The van der Waals surface area contributed by atoms with Gasteiger partial charge in [0.25, 0.3) is 5.56 Å². The lowest BCUT2D eigenvalue weighted by atomic mass is 10.1. The molecule has 1 atom stereocenters. The van der Waals surface area contributed by atoms with Crippen LogP contribution in [0.15, 0.2) is 41.6 Å². The number of likely N-dealkylation sites (N-methyl/N-ethyl adjacent to an activating group) is 1. The number of aromatic nitrogens is 3. The Balaban J connectivity index is 2.12. The first-order chi connectivity index (χ1) is 10.7. The quantitative estimate of drug-likeness (QED) is 0.793. The fourth-order valence-electron chi connectivity index (χ4n) is 3.13. The molecule has 3 aromatic rings. The fraction of sp³-hybridized carbons (Fsp3) is 0.312. The molecule has 1 N–H and O–H groups in total. The summed E-state index contributed by atoms with van der Waals surface area (Å²) in [6.07, 6.45) is 5.14. The molecule has 22 heavy (non-hydrogen) atoms. The topological polar surface area (TPSA) is 68.4 Å². The summed E-state index contributed by atoms with van der Waals surface area (Å²) < 4.78 is 3.42. The molecular formula is C16H16N4O2. The summed E-state index contributed by atoms with van der Waals surface area (Å²) in [6, 6.07) is 7.17. The first kappa shape index (κ1) is 13.1. The minimum Gasteiger partial charge on any atom is -0.357 e. The van der Waals surface area contributed by atoms with E-state index in [0.717, 1.165) is 23.9 Å². The van der Waals surface area contributed by atoms with Gasteiger partial charge < -0.3 is 5.32 Å². The number of fused-ring (bicyclic) bond motifs is 3. The van der Waals surface area contributed by atoms with Gasteiger partial charge in [0.1, 0.15) is 11.6 Å². The molecule has 0 radical (unpaired) electrons. The number of amides is 1. The highest BCUT2D eigenvalue weighted by molar-refractivity contribution is 5.85. The molecule has 0 saturated heterocycles. The van der Waals surface area contributed by atoms with Crippen LogP contribution in [-0.2, 0) is 4.79 Å². The Hall–Kier alpha value is -2.63. The third kappa shape index (κ3) is 1.76. The van der Waals surface area contributed by atoms with Gasteiger partial charge >= 0.3 is 0 Å². The summed E-state index contributed by atoms with van der Waals surface area (Å²) in [5.41, 5.74) is 1.97. The van der Waals surface area contributed by atoms with Gasteiger partial charge in [-0.05, 0) is 30.9 Å². The molecule has 112 valence electrons. The number of benzene rings is 1. The number of imidazole rings is 1. The minimum absolute atomic E-state index is 0.112. The van der Waals surface area contributed by atoms with Crippen LogP contribution in [0.5, 0.6) is 0 Å². The number of rotatable bonds is 3. The van der Waals surface area contributed by atoms with Crippen LogP contribution in [0.25, 0.3) is 16.6 Å². The number of hydrogen-bond donors (Lipinski definition) is 1. The third-order valence-corrected chi connectivity index (χ3v) is 4.34. The van der Waals surface area contributed by atoms with Crippen molar-refractivity contribution in [1.29, 1.82) is 0 Å². The van der Waals surface area contributed by atoms with Crippen LogP contribution in [0, 0.1) is 5.92 Å². The summed E-state index contributed by atoms with van der Waals surface area (Å²) in [5.74, 6) is 0.116. The molecule has 2 aromatic heterocycles. The van der Waals surface area contributed by atoms with Crippen LogP contribution in [-0.4, -0.2) is 26.9 Å². The van der Waals surface area contributed by atoms with Gasteiger partial charge in [-0.2, -0.15) is 0 Å². The summed E-state index contributed by atoms with van der Waals surface area (Å²) >= 11 is 0. The van der Waals surface area contributed by atoms with E-state index in [4.69, 9.17) is 0 Å². The first-order valence-corrected chi connectivity index (χ1v) is 7.39. The van der Waals surface area contributed by atoms with Gasteiger partial charge in [-0.3, -0.25) is 18.6 Å². The Bertz CT molecular complexity index is 936. The maximum absolute atomic E-state index is 12.9. The molecule has 1 amide bonds. The van der Waals surface area contributed by atoms with Crippen molar-refractivity contribution in [3.63, 3.8) is 0 Å². The molecule has 1 saturated carbocycles. The van der Waals surface area contributed by atoms with Crippen molar-refractivity contribution in [2.45, 2.75) is 18.9 Å². The average Bonchev–Trinajstić information content (AvgIpc) is 3.25. The first-order valence-electron chi connectivity index (χ1n) is 7.39. The molecular weight excluding hydrogens is 280 g/mol. The van der Waals surface area contributed by atoms with Gasteiger partial charge in [0.15, 0.2) is 0 Å². The zero-order valence-electron chi connectivity index (χ0n) is 12.2. The largest absolute Gasteiger partial charge is 0.357 e. The van der Waals surface area contributed by atoms with Gasteiger partial charge in [0, 0.05) is 7.05 Å². The van der Waals surface area contributed by atoms with E-state index in [2.05, 4.69) is 10.3 Å². The van der Waals surface area contributed by atoms with Crippen molar-refractivity contribution < 1.29 is 4.79 Å². The summed E-state index contributed by atoms with van der Waals surface area (Å²) in [4.78, 5) is 29.4. The van der Waals surface area contributed by atoms with Crippen molar-refractivity contribution in [3.8, 4) is 0 Å². The molecule has 6 nitrogen and oxygen atoms in total. The van der Waals surface area contributed by atoms with Crippen LogP contribution in [0.1, 0.15) is 18.9 Å². The Morgan fingerprint density at radius 2 is 2.00 bits per heavy atom. The van der Waals surface area contributed by atoms with Crippen molar-refractivity contribution in [1.82, 2.24) is 19.3 Å². The standard InChI is InChI=1S/C16H16N4O2/c1-17-15(21)14(10-6-7-10)20-12-5-3-2-4-11(12)19-9-18-8-13(19)16(20)22/h2-5,8-10,14H,6-7H2,1H3,(H,17,21). The molecule has 1 fully saturated rings. The Morgan fingerprint density at radius 3 is 2.68 bits per heavy atom. The maximum Gasteiger partial charge on any atom is 0.277 e. The highest BCUT2D eigenvalue weighted by atomic mass is 16.2. The van der Waals surface area contributed by atoms with Crippen LogP contribution >= 0.6 is 0 Å². The highest BCUT2D eigenvalue weighted by Gasteiger charge is 2.38. The monoisotopic (exact) mass is 296 g/mol.